The van der Waals surface area contributed by atoms with Crippen LogP contribution in [-0.4, -0.2) is 58.9 Å². The van der Waals surface area contributed by atoms with E-state index >= 15 is 0 Å². The van der Waals surface area contributed by atoms with Gasteiger partial charge in [0, 0.05) is 24.7 Å². The van der Waals surface area contributed by atoms with Crippen LogP contribution in [0.2, 0.25) is 0 Å². The van der Waals surface area contributed by atoms with Gasteiger partial charge in [-0.15, -0.1) is 4.98 Å². The second-order valence-corrected chi connectivity index (χ2v) is 6.74. The molecule has 4 rings (SSSR count). The summed E-state index contributed by atoms with van der Waals surface area (Å²) < 4.78 is 11.5. The van der Waals surface area contributed by atoms with Crippen molar-refractivity contribution in [1.29, 1.82) is 0 Å². The van der Waals surface area contributed by atoms with Crippen molar-refractivity contribution in [2.75, 3.05) is 39.2 Å². The molecule has 0 aliphatic carbocycles. The normalized spacial score (nSPS) is 16.9. The zero-order valence-corrected chi connectivity index (χ0v) is 16.2. The number of benzene rings is 1. The van der Waals surface area contributed by atoms with E-state index in [2.05, 4.69) is 48.3 Å². The van der Waals surface area contributed by atoms with Crippen LogP contribution >= 0.6 is 0 Å². The molecule has 1 aromatic carbocycles. The van der Waals surface area contributed by atoms with Crippen LogP contribution in [0.25, 0.3) is 16.1 Å². The van der Waals surface area contributed by atoms with Crippen molar-refractivity contribution in [1.82, 2.24) is 25.1 Å². The first kappa shape index (κ1) is 18.9. The van der Waals surface area contributed by atoms with Crippen molar-refractivity contribution in [3.63, 3.8) is 0 Å². The predicted octanol–water partition coefficient (Wildman–Crippen LogP) is 3.17. The van der Waals surface area contributed by atoms with E-state index in [1.807, 2.05) is 18.2 Å². The number of rotatable bonds is 5. The van der Waals surface area contributed by atoms with E-state index in [9.17, 15) is 0 Å². The van der Waals surface area contributed by atoms with Gasteiger partial charge >= 0.3 is 0 Å². The molecule has 3 aromatic rings. The third-order valence-corrected chi connectivity index (χ3v) is 4.74. The number of H-pyrrole nitrogens is 1. The topological polar surface area (TPSA) is 92.6 Å². The highest BCUT2D eigenvalue weighted by atomic mass is 16.5. The van der Waals surface area contributed by atoms with Crippen molar-refractivity contribution in [3.8, 4) is 17.0 Å². The summed E-state index contributed by atoms with van der Waals surface area (Å²) in [5.74, 6) is 2.09. The minimum Gasteiger partial charge on any atom is -0.496 e. The number of nitrogens with zero attached hydrogens (tertiary/aromatic N) is 5. The molecule has 1 aliphatic rings. The molecule has 1 atom stereocenters. The van der Waals surface area contributed by atoms with Gasteiger partial charge in [-0.3, -0.25) is 5.10 Å². The number of likely N-dealkylation sites (N-methyl/N-ethyl adjacent to an activating group) is 1. The predicted molar refractivity (Wildman–Crippen MR) is 108 cm³/mol. The summed E-state index contributed by atoms with van der Waals surface area (Å²) in [6, 6.07) is 7.95. The summed E-state index contributed by atoms with van der Waals surface area (Å²) in [6.07, 6.45) is 2.95. The summed E-state index contributed by atoms with van der Waals surface area (Å²) in [4.78, 5) is 13.6. The number of anilines is 2. The highest BCUT2D eigenvalue weighted by molar-refractivity contribution is 5.71. The Hall–Kier alpha value is -3.48. The summed E-state index contributed by atoms with van der Waals surface area (Å²) >= 11 is 0. The van der Waals surface area contributed by atoms with Crippen molar-refractivity contribution in [2.45, 2.75) is 6.10 Å². The number of aromatic amines is 1. The maximum absolute atomic E-state index is 6.93. The van der Waals surface area contributed by atoms with E-state index in [1.165, 1.54) is 12.4 Å². The molecule has 1 saturated heterocycles. The molecule has 0 saturated carbocycles. The van der Waals surface area contributed by atoms with Gasteiger partial charge in [-0.05, 0) is 24.7 Å². The van der Waals surface area contributed by atoms with E-state index in [0.29, 0.717) is 11.6 Å². The first-order valence-electron chi connectivity index (χ1n) is 9.16. The van der Waals surface area contributed by atoms with E-state index in [-0.39, 0.29) is 11.9 Å². The van der Waals surface area contributed by atoms with E-state index in [0.717, 1.165) is 42.3 Å². The number of morpholine rings is 1. The average molecular weight is 391 g/mol. The minimum absolute atomic E-state index is 0.0349. The van der Waals surface area contributed by atoms with Crippen LogP contribution in [-0.2, 0) is 4.74 Å². The third kappa shape index (κ3) is 4.18. The minimum atomic E-state index is 0.0349. The van der Waals surface area contributed by atoms with Crippen LogP contribution in [0.4, 0.5) is 17.5 Å². The summed E-state index contributed by atoms with van der Waals surface area (Å²) in [5.41, 5.74) is 2.80. The lowest BCUT2D eigenvalue weighted by atomic mass is 10.0. The number of ether oxygens (including phenoxy) is 2. The van der Waals surface area contributed by atoms with Gasteiger partial charge in [-0.2, -0.15) is 5.10 Å². The quantitative estimate of drug-likeness (QED) is 0.645. The molecule has 0 bridgehead atoms. The number of hydrogen-bond donors (Lipinski definition) is 2. The van der Waals surface area contributed by atoms with Crippen molar-refractivity contribution < 1.29 is 9.47 Å². The number of methoxy groups -OCH3 is 1. The Kier molecular flexibility index (Phi) is 5.37. The van der Waals surface area contributed by atoms with Gasteiger partial charge in [-0.25, -0.2) is 4.98 Å². The SMILES string of the molecule is [C-]#[N+]c1cnc(Nc2cc(-c3ccc([C@@H]4CN(C)CCO4)cc3OC)[nH]n2)cn1. The summed E-state index contributed by atoms with van der Waals surface area (Å²) in [5, 5.41) is 10.4. The summed E-state index contributed by atoms with van der Waals surface area (Å²) in [6.45, 7) is 9.45. The molecular formula is C20H21N7O2. The zero-order valence-electron chi connectivity index (χ0n) is 16.2. The molecule has 29 heavy (non-hydrogen) atoms. The Labute approximate surface area is 168 Å². The fourth-order valence-electron chi connectivity index (χ4n) is 3.21. The molecule has 1 aliphatic heterocycles. The van der Waals surface area contributed by atoms with Crippen LogP contribution in [0.15, 0.2) is 36.7 Å². The summed E-state index contributed by atoms with van der Waals surface area (Å²) in [7, 11) is 3.75. The second-order valence-electron chi connectivity index (χ2n) is 6.74. The maximum Gasteiger partial charge on any atom is 0.288 e. The molecule has 1 fully saturated rings. The average Bonchev–Trinajstić information content (AvgIpc) is 3.22. The largest absolute Gasteiger partial charge is 0.496 e. The number of nitrogens with one attached hydrogen (secondary N) is 2. The molecule has 0 spiro atoms. The number of aromatic nitrogens is 4. The van der Waals surface area contributed by atoms with Crippen LogP contribution in [0, 0.1) is 6.57 Å². The Morgan fingerprint density at radius 1 is 1.28 bits per heavy atom. The molecule has 2 aromatic heterocycles. The fourth-order valence-corrected chi connectivity index (χ4v) is 3.21. The van der Waals surface area contributed by atoms with E-state index in [4.69, 9.17) is 16.0 Å². The van der Waals surface area contributed by atoms with Crippen LogP contribution in [0.1, 0.15) is 11.7 Å². The first-order chi connectivity index (χ1) is 14.2. The zero-order chi connectivity index (χ0) is 20.2. The van der Waals surface area contributed by atoms with Crippen molar-refractivity contribution in [3.05, 3.63) is 53.6 Å². The molecule has 9 heteroatoms. The molecule has 148 valence electrons. The lowest BCUT2D eigenvalue weighted by molar-refractivity contribution is -0.0209. The maximum atomic E-state index is 6.93. The lowest BCUT2D eigenvalue weighted by Gasteiger charge is -2.30. The van der Waals surface area contributed by atoms with Crippen LogP contribution in [0.3, 0.4) is 0 Å². The van der Waals surface area contributed by atoms with Crippen LogP contribution < -0.4 is 10.1 Å². The molecule has 0 radical (unpaired) electrons. The lowest BCUT2D eigenvalue weighted by Crippen LogP contribution is -2.35. The highest BCUT2D eigenvalue weighted by Crippen LogP contribution is 2.34. The number of hydrogen-bond acceptors (Lipinski definition) is 7. The standard InChI is InChI=1S/C20H21N7O2/c1-21-19-10-23-20(11-22-19)24-18-9-15(25-26-18)14-5-4-13(8-16(14)28-3)17-12-27(2)6-7-29-17/h4-5,8-11,17H,6-7,12H2,2-3H3,(H2,23,24,25,26)/t17-/m0/s1. The Morgan fingerprint density at radius 3 is 2.90 bits per heavy atom. The van der Waals surface area contributed by atoms with Gasteiger partial charge in [-0.1, -0.05) is 12.6 Å². The second kappa shape index (κ2) is 8.26. The Balaban J connectivity index is 1.54. The van der Waals surface area contributed by atoms with E-state index < -0.39 is 0 Å². The van der Waals surface area contributed by atoms with E-state index in [1.54, 1.807) is 7.11 Å². The Morgan fingerprint density at radius 2 is 2.17 bits per heavy atom. The molecule has 9 nitrogen and oxygen atoms in total. The molecule has 0 amide bonds. The van der Waals surface area contributed by atoms with Crippen molar-refractivity contribution in [2.24, 2.45) is 0 Å². The Bertz CT molecular complexity index is 1030. The fraction of sp³-hybridized carbons (Fsp3) is 0.300. The highest BCUT2D eigenvalue weighted by Gasteiger charge is 2.21. The van der Waals surface area contributed by atoms with Gasteiger partial charge in [0.15, 0.2) is 17.8 Å². The smallest absolute Gasteiger partial charge is 0.288 e. The monoisotopic (exact) mass is 391 g/mol. The molecule has 0 unspecified atom stereocenters. The third-order valence-electron chi connectivity index (χ3n) is 4.74. The van der Waals surface area contributed by atoms with Crippen molar-refractivity contribution >= 4 is 17.5 Å². The van der Waals surface area contributed by atoms with Gasteiger partial charge in [0.2, 0.25) is 0 Å². The first-order valence-corrected chi connectivity index (χ1v) is 9.16. The van der Waals surface area contributed by atoms with Gasteiger partial charge < -0.3 is 24.5 Å². The van der Waals surface area contributed by atoms with Gasteiger partial charge in [0.1, 0.15) is 5.75 Å². The molecule has 3 heterocycles. The van der Waals surface area contributed by atoms with Gasteiger partial charge in [0.05, 0.1) is 31.7 Å². The molecule has 2 N–H and O–H groups in total. The van der Waals surface area contributed by atoms with Gasteiger partial charge in [0.25, 0.3) is 5.82 Å². The molecular weight excluding hydrogens is 370 g/mol. The van der Waals surface area contributed by atoms with Crippen LogP contribution in [0.5, 0.6) is 5.75 Å².